The summed E-state index contributed by atoms with van der Waals surface area (Å²) in [4.78, 5) is 16.5. The first kappa shape index (κ1) is 32.6. The summed E-state index contributed by atoms with van der Waals surface area (Å²) in [5, 5.41) is 14.4. The van der Waals surface area contributed by atoms with E-state index >= 15 is 0 Å². The predicted octanol–water partition coefficient (Wildman–Crippen LogP) is 10.5. The van der Waals surface area contributed by atoms with Crippen LogP contribution in [0.15, 0.2) is 71.0 Å². The Kier molecular flexibility index (Phi) is 8.61. The third-order valence-corrected chi connectivity index (χ3v) is 8.35. The average molecular weight is 753 g/mol. The summed E-state index contributed by atoms with van der Waals surface area (Å²) in [7, 11) is 0. The topological polar surface area (TPSA) is 63.3 Å². The van der Waals surface area contributed by atoms with Crippen molar-refractivity contribution in [1.29, 1.82) is 0 Å². The van der Waals surface area contributed by atoms with Crippen LogP contribution < -0.4 is 0 Å². The van der Waals surface area contributed by atoms with Crippen molar-refractivity contribution in [2.45, 2.75) is 80.6 Å². The number of nitrogens with zero attached hydrogens (tertiary/aromatic N) is 1. The summed E-state index contributed by atoms with van der Waals surface area (Å²) in [6.45, 7) is 20.2. The standard InChI is InChI=1S/C27H22NO.C11H20O2.Ir/c1-15(2)16-11-12-17-14-28-26-18-7-5-9-21-23(18)24-20(8-6-10-22(24)29-21)27(3,4)25(26)19(17)13-16;1-10(2,3)8(12)7-9(13)11(4,5)6;/h5-6,8-15H,1-4H3;7,12H,1-6H3;/q-1;;/b;8-7-;. The number of carbonyl (C=O) groups is 1. The number of furan rings is 1. The Labute approximate surface area is 268 Å². The predicted molar refractivity (Wildman–Crippen MR) is 174 cm³/mol. The van der Waals surface area contributed by atoms with E-state index in [1.807, 2.05) is 59.9 Å². The molecule has 2 heterocycles. The van der Waals surface area contributed by atoms with Gasteiger partial charge in [-0.25, -0.2) is 0 Å². The monoisotopic (exact) mass is 753 g/mol. The smallest absolute Gasteiger partial charge is 0.164 e. The van der Waals surface area contributed by atoms with Crippen molar-refractivity contribution in [2.75, 3.05) is 0 Å². The number of allylic oxidation sites excluding steroid dienone is 2. The third kappa shape index (κ3) is 5.82. The zero-order valence-electron chi connectivity index (χ0n) is 26.9. The van der Waals surface area contributed by atoms with Gasteiger partial charge in [-0.2, -0.15) is 0 Å². The Morgan fingerprint density at radius 1 is 0.977 bits per heavy atom. The first-order valence-electron chi connectivity index (χ1n) is 14.8. The van der Waals surface area contributed by atoms with Crippen molar-refractivity contribution in [2.24, 2.45) is 10.8 Å². The maximum Gasteiger partial charge on any atom is 0.164 e. The number of aromatic nitrogens is 1. The van der Waals surface area contributed by atoms with Gasteiger partial charge in [0.2, 0.25) is 0 Å². The van der Waals surface area contributed by atoms with Crippen LogP contribution in [0, 0.1) is 16.9 Å². The molecule has 0 spiro atoms. The van der Waals surface area contributed by atoms with Gasteiger partial charge in [-0.15, -0.1) is 17.7 Å². The van der Waals surface area contributed by atoms with E-state index in [0.29, 0.717) is 5.92 Å². The van der Waals surface area contributed by atoms with Crippen LogP contribution in [-0.2, 0) is 30.3 Å². The maximum absolute atomic E-state index is 11.5. The number of aliphatic hydroxyl groups is 1. The van der Waals surface area contributed by atoms with E-state index in [-0.39, 0.29) is 42.5 Å². The summed E-state index contributed by atoms with van der Waals surface area (Å²) in [6, 6.07) is 20.7. The zero-order chi connectivity index (χ0) is 30.8. The molecular formula is C38H42IrNO3-. The van der Waals surface area contributed by atoms with Crippen LogP contribution in [0.5, 0.6) is 0 Å². The first-order valence-corrected chi connectivity index (χ1v) is 14.8. The summed E-state index contributed by atoms with van der Waals surface area (Å²) >= 11 is 0. The molecule has 227 valence electrons. The molecule has 0 aliphatic heterocycles. The molecule has 3 aromatic carbocycles. The van der Waals surface area contributed by atoms with Gasteiger partial charge in [0.05, 0.1) is 5.58 Å². The van der Waals surface area contributed by atoms with Gasteiger partial charge in [-0.3, -0.25) is 4.79 Å². The number of rotatable bonds is 2. The van der Waals surface area contributed by atoms with E-state index in [0.717, 1.165) is 27.8 Å². The Hall–Kier alpha value is -3.27. The molecule has 0 bridgehead atoms. The molecule has 5 aromatic rings. The number of carbonyl (C=O) groups excluding carboxylic acids is 1. The molecule has 0 unspecified atom stereocenters. The number of hydrogen-bond donors (Lipinski definition) is 1. The van der Waals surface area contributed by atoms with Crippen LogP contribution in [0.4, 0.5) is 0 Å². The fourth-order valence-electron chi connectivity index (χ4n) is 5.62. The van der Waals surface area contributed by atoms with Crippen LogP contribution in [0.2, 0.25) is 0 Å². The molecule has 0 saturated heterocycles. The average Bonchev–Trinajstić information content (AvgIpc) is 3.26. The molecule has 43 heavy (non-hydrogen) atoms. The molecule has 0 saturated carbocycles. The molecule has 5 heteroatoms. The van der Waals surface area contributed by atoms with Gasteiger partial charge in [0, 0.05) is 48.6 Å². The van der Waals surface area contributed by atoms with Crippen LogP contribution in [0.3, 0.4) is 0 Å². The van der Waals surface area contributed by atoms with E-state index in [1.54, 1.807) is 0 Å². The normalized spacial score (nSPS) is 14.3. The van der Waals surface area contributed by atoms with Crippen molar-refractivity contribution < 1.29 is 34.4 Å². The quantitative estimate of drug-likeness (QED) is 0.111. The number of ketones is 1. The molecule has 0 atom stereocenters. The minimum Gasteiger partial charge on any atom is -0.512 e. The minimum absolute atomic E-state index is 0. The molecule has 0 fully saturated rings. The summed E-state index contributed by atoms with van der Waals surface area (Å²) in [6.07, 6.45) is 3.34. The molecule has 1 N–H and O–H groups in total. The zero-order valence-corrected chi connectivity index (χ0v) is 29.3. The second-order valence-corrected chi connectivity index (χ2v) is 14.4. The molecule has 1 aliphatic rings. The molecule has 1 aliphatic carbocycles. The van der Waals surface area contributed by atoms with Crippen molar-refractivity contribution in [3.05, 3.63) is 89.3 Å². The Morgan fingerprint density at radius 2 is 1.65 bits per heavy atom. The fourth-order valence-corrected chi connectivity index (χ4v) is 5.62. The van der Waals surface area contributed by atoms with Gasteiger partial charge in [0.15, 0.2) is 5.78 Å². The van der Waals surface area contributed by atoms with Gasteiger partial charge in [0.25, 0.3) is 0 Å². The van der Waals surface area contributed by atoms with Crippen molar-refractivity contribution in [3.8, 4) is 11.3 Å². The molecule has 1 radical (unpaired) electrons. The molecule has 6 rings (SSSR count). The summed E-state index contributed by atoms with van der Waals surface area (Å²) in [5.41, 5.74) is 6.85. The Bertz CT molecular complexity index is 1880. The molecule has 4 nitrogen and oxygen atoms in total. The minimum atomic E-state index is -0.417. The van der Waals surface area contributed by atoms with Crippen molar-refractivity contribution >= 4 is 38.5 Å². The second kappa shape index (κ2) is 11.3. The maximum atomic E-state index is 11.5. The van der Waals surface area contributed by atoms with Gasteiger partial charge < -0.3 is 14.5 Å². The second-order valence-electron chi connectivity index (χ2n) is 14.4. The molecule has 2 aromatic heterocycles. The number of benzene rings is 3. The number of fused-ring (bicyclic) bond motifs is 4. The number of aliphatic hydroxyl groups excluding tert-OH is 1. The van der Waals surface area contributed by atoms with E-state index < -0.39 is 5.41 Å². The number of pyridine rings is 1. The molecule has 0 amide bonds. The van der Waals surface area contributed by atoms with Crippen LogP contribution in [-0.4, -0.2) is 15.9 Å². The molecular weight excluding hydrogens is 711 g/mol. The summed E-state index contributed by atoms with van der Waals surface area (Å²) in [5.74, 6) is 0.584. The Balaban J connectivity index is 0.000000260. The fraction of sp³-hybridized carbons (Fsp3) is 0.368. The SMILES string of the molecule is CC(C)(C)C(=O)/C=C(\O)C(C)(C)C.CC(C)c1ccc2cnc3c(c2c1)C(C)(C)c1cccc2oc4cc[c-]c-3c4c12.[Ir]. The number of hydrogen-bond acceptors (Lipinski definition) is 4. The van der Waals surface area contributed by atoms with Gasteiger partial charge in [-0.05, 0) is 50.5 Å². The largest absolute Gasteiger partial charge is 0.512 e. The van der Waals surface area contributed by atoms with Crippen LogP contribution >= 0.6 is 0 Å². The van der Waals surface area contributed by atoms with E-state index in [1.165, 1.54) is 38.9 Å². The van der Waals surface area contributed by atoms with Crippen LogP contribution in [0.25, 0.3) is 44.0 Å². The van der Waals surface area contributed by atoms with Crippen LogP contribution in [0.1, 0.15) is 91.8 Å². The Morgan fingerprint density at radius 3 is 2.28 bits per heavy atom. The van der Waals surface area contributed by atoms with E-state index in [9.17, 15) is 9.90 Å². The van der Waals surface area contributed by atoms with Crippen molar-refractivity contribution in [3.63, 3.8) is 0 Å². The van der Waals surface area contributed by atoms with E-state index in [2.05, 4.69) is 70.2 Å². The van der Waals surface area contributed by atoms with Crippen molar-refractivity contribution in [1.82, 2.24) is 4.98 Å². The van der Waals surface area contributed by atoms with Gasteiger partial charge in [0.1, 0.15) is 11.3 Å². The first-order chi connectivity index (χ1) is 19.5. The third-order valence-electron chi connectivity index (χ3n) is 8.35. The van der Waals surface area contributed by atoms with Gasteiger partial charge >= 0.3 is 0 Å². The van der Waals surface area contributed by atoms with Gasteiger partial charge in [-0.1, -0.05) is 111 Å². The van der Waals surface area contributed by atoms with E-state index in [4.69, 9.17) is 9.40 Å². The summed E-state index contributed by atoms with van der Waals surface area (Å²) < 4.78 is 6.21.